The molecule has 10 aromatic rings. The van der Waals surface area contributed by atoms with E-state index in [1.807, 2.05) is 36.4 Å². The number of hydrogen-bond donors (Lipinski definition) is 0. The van der Waals surface area contributed by atoms with E-state index in [1.165, 1.54) is 27.5 Å². The number of furan rings is 1. The molecule has 0 aliphatic heterocycles. The van der Waals surface area contributed by atoms with E-state index in [4.69, 9.17) is 19.4 Å². The quantitative estimate of drug-likeness (QED) is 0.176. The summed E-state index contributed by atoms with van der Waals surface area (Å²) in [4.78, 5) is 14.9. The van der Waals surface area contributed by atoms with Crippen LogP contribution >= 0.6 is 0 Å². The SMILES string of the molecule is c1ccc(-c2ccc3oc4cc(-c5ccc(-c6nc(-c7ccccc7)nc(-c7ccc(-c8ccc9ccccc9c8)cc7)n6)cc5)ccc4c3c2)cc1. The zero-order valence-corrected chi connectivity index (χ0v) is 28.6. The van der Waals surface area contributed by atoms with Crippen LogP contribution in [0.1, 0.15) is 0 Å². The van der Waals surface area contributed by atoms with Gasteiger partial charge in [0.05, 0.1) is 0 Å². The zero-order chi connectivity index (χ0) is 35.1. The Hall–Kier alpha value is -7.17. The molecule has 10 rings (SSSR count). The average Bonchev–Trinajstić information content (AvgIpc) is 3.61. The Kier molecular flexibility index (Phi) is 7.43. The first kappa shape index (κ1) is 30.6. The number of fused-ring (bicyclic) bond motifs is 4. The third-order valence-corrected chi connectivity index (χ3v) is 9.95. The van der Waals surface area contributed by atoms with E-state index in [1.54, 1.807) is 0 Å². The van der Waals surface area contributed by atoms with Crippen molar-refractivity contribution in [3.63, 3.8) is 0 Å². The molecule has 4 heteroatoms. The van der Waals surface area contributed by atoms with Crippen LogP contribution in [0, 0.1) is 0 Å². The summed E-state index contributed by atoms with van der Waals surface area (Å²) in [5.74, 6) is 1.90. The van der Waals surface area contributed by atoms with Crippen molar-refractivity contribution in [2.45, 2.75) is 0 Å². The van der Waals surface area contributed by atoms with Gasteiger partial charge in [0.2, 0.25) is 0 Å². The summed E-state index contributed by atoms with van der Waals surface area (Å²) in [6.45, 7) is 0. The Labute approximate surface area is 306 Å². The van der Waals surface area contributed by atoms with Crippen LogP contribution < -0.4 is 0 Å². The molecule has 0 bridgehead atoms. The van der Waals surface area contributed by atoms with Crippen molar-refractivity contribution >= 4 is 32.7 Å². The molecule has 0 atom stereocenters. The van der Waals surface area contributed by atoms with Crippen molar-refractivity contribution < 1.29 is 4.42 Å². The van der Waals surface area contributed by atoms with Gasteiger partial charge in [-0.1, -0.05) is 158 Å². The smallest absolute Gasteiger partial charge is 0.164 e. The standard InChI is InChI=1S/C49H31N3O/c1-3-9-32(10-4-1)41-26-28-45-44(30-41)43-27-25-42(31-46(43)53-45)35-17-22-38(23-18-35)49-51-47(36-12-5-2-6-13-36)50-48(52-49)37-20-15-34(16-21-37)40-24-19-33-11-7-8-14-39(33)29-40/h1-31H. The molecule has 0 radical (unpaired) electrons. The van der Waals surface area contributed by atoms with Gasteiger partial charge in [-0.15, -0.1) is 0 Å². The fourth-order valence-corrected chi connectivity index (χ4v) is 7.11. The molecule has 2 heterocycles. The van der Waals surface area contributed by atoms with Gasteiger partial charge >= 0.3 is 0 Å². The maximum absolute atomic E-state index is 6.33. The molecule has 8 aromatic carbocycles. The Morgan fingerprint density at radius 1 is 0.264 bits per heavy atom. The first-order valence-corrected chi connectivity index (χ1v) is 17.8. The largest absolute Gasteiger partial charge is 0.456 e. The van der Waals surface area contributed by atoms with Crippen LogP contribution in [0.15, 0.2) is 192 Å². The number of nitrogens with zero attached hydrogens (tertiary/aromatic N) is 3. The highest BCUT2D eigenvalue weighted by Gasteiger charge is 2.14. The van der Waals surface area contributed by atoms with E-state index in [0.717, 1.165) is 55.3 Å². The molecule has 248 valence electrons. The molecule has 0 amide bonds. The van der Waals surface area contributed by atoms with Gasteiger partial charge in [-0.2, -0.15) is 0 Å². The van der Waals surface area contributed by atoms with Crippen molar-refractivity contribution in [2.24, 2.45) is 0 Å². The van der Waals surface area contributed by atoms with Gasteiger partial charge < -0.3 is 4.42 Å². The fraction of sp³-hybridized carbons (Fsp3) is 0. The van der Waals surface area contributed by atoms with Crippen LogP contribution in [0.2, 0.25) is 0 Å². The maximum Gasteiger partial charge on any atom is 0.164 e. The predicted molar refractivity (Wildman–Crippen MR) is 217 cm³/mol. The highest BCUT2D eigenvalue weighted by molar-refractivity contribution is 6.07. The summed E-state index contributed by atoms with van der Waals surface area (Å²) in [6.07, 6.45) is 0. The van der Waals surface area contributed by atoms with E-state index in [0.29, 0.717) is 17.5 Å². The van der Waals surface area contributed by atoms with Crippen molar-refractivity contribution in [3.05, 3.63) is 188 Å². The second-order valence-electron chi connectivity index (χ2n) is 13.3. The minimum absolute atomic E-state index is 0.626. The Balaban J connectivity index is 0.979. The molecular weight excluding hydrogens is 647 g/mol. The first-order valence-electron chi connectivity index (χ1n) is 17.8. The van der Waals surface area contributed by atoms with E-state index in [9.17, 15) is 0 Å². The zero-order valence-electron chi connectivity index (χ0n) is 28.6. The highest BCUT2D eigenvalue weighted by Crippen LogP contribution is 2.36. The summed E-state index contributed by atoms with van der Waals surface area (Å²) >= 11 is 0. The van der Waals surface area contributed by atoms with E-state index in [2.05, 4.69) is 152 Å². The number of aromatic nitrogens is 3. The number of hydrogen-bond acceptors (Lipinski definition) is 4. The molecule has 4 nitrogen and oxygen atoms in total. The molecule has 0 fully saturated rings. The molecule has 0 spiro atoms. The van der Waals surface area contributed by atoms with E-state index < -0.39 is 0 Å². The van der Waals surface area contributed by atoms with Crippen molar-refractivity contribution in [3.8, 4) is 67.5 Å². The van der Waals surface area contributed by atoms with Crippen molar-refractivity contribution in [1.82, 2.24) is 15.0 Å². The topological polar surface area (TPSA) is 51.8 Å². The molecule has 0 aliphatic rings. The Bertz CT molecular complexity index is 2910. The lowest BCUT2D eigenvalue weighted by Gasteiger charge is -2.10. The lowest BCUT2D eigenvalue weighted by atomic mass is 10.00. The molecular formula is C49H31N3O. The molecule has 0 N–H and O–H groups in total. The van der Waals surface area contributed by atoms with Gasteiger partial charge in [-0.3, -0.25) is 0 Å². The lowest BCUT2D eigenvalue weighted by molar-refractivity contribution is 0.669. The normalized spacial score (nSPS) is 11.4. The van der Waals surface area contributed by atoms with Gasteiger partial charge in [0.25, 0.3) is 0 Å². The summed E-state index contributed by atoms with van der Waals surface area (Å²) < 4.78 is 6.33. The van der Waals surface area contributed by atoms with Crippen LogP contribution in [-0.2, 0) is 0 Å². The van der Waals surface area contributed by atoms with Crippen LogP contribution in [0.3, 0.4) is 0 Å². The van der Waals surface area contributed by atoms with Crippen molar-refractivity contribution in [1.29, 1.82) is 0 Å². The van der Waals surface area contributed by atoms with Crippen LogP contribution in [0.4, 0.5) is 0 Å². The van der Waals surface area contributed by atoms with Crippen LogP contribution in [0.5, 0.6) is 0 Å². The minimum Gasteiger partial charge on any atom is -0.456 e. The molecule has 2 aromatic heterocycles. The van der Waals surface area contributed by atoms with Gasteiger partial charge in [-0.05, 0) is 74.5 Å². The summed E-state index contributed by atoms with van der Waals surface area (Å²) in [7, 11) is 0. The first-order chi connectivity index (χ1) is 26.2. The second kappa shape index (κ2) is 12.9. The van der Waals surface area contributed by atoms with Gasteiger partial charge in [0, 0.05) is 27.5 Å². The summed E-state index contributed by atoms with van der Waals surface area (Å²) in [5, 5.41) is 4.68. The Morgan fingerprint density at radius 3 is 1.34 bits per heavy atom. The number of benzene rings is 8. The third-order valence-electron chi connectivity index (χ3n) is 9.95. The number of rotatable bonds is 6. The molecule has 0 aliphatic carbocycles. The summed E-state index contributed by atoms with van der Waals surface area (Å²) in [5.41, 5.74) is 11.4. The molecule has 0 unspecified atom stereocenters. The second-order valence-corrected chi connectivity index (χ2v) is 13.3. The maximum atomic E-state index is 6.33. The van der Waals surface area contributed by atoms with Crippen LogP contribution in [-0.4, -0.2) is 15.0 Å². The predicted octanol–water partition coefficient (Wildman–Crippen LogP) is 12.9. The van der Waals surface area contributed by atoms with Gasteiger partial charge in [-0.25, -0.2) is 15.0 Å². The molecule has 0 saturated carbocycles. The minimum atomic E-state index is 0.626. The van der Waals surface area contributed by atoms with Crippen molar-refractivity contribution in [2.75, 3.05) is 0 Å². The molecule has 0 saturated heterocycles. The highest BCUT2D eigenvalue weighted by atomic mass is 16.3. The Morgan fingerprint density at radius 2 is 0.698 bits per heavy atom. The van der Waals surface area contributed by atoms with E-state index >= 15 is 0 Å². The van der Waals surface area contributed by atoms with E-state index in [-0.39, 0.29) is 0 Å². The molecule has 53 heavy (non-hydrogen) atoms. The van der Waals surface area contributed by atoms with Gasteiger partial charge in [0.1, 0.15) is 11.2 Å². The van der Waals surface area contributed by atoms with Crippen LogP contribution in [0.25, 0.3) is 100 Å². The average molecular weight is 678 g/mol. The third kappa shape index (κ3) is 5.82. The fourth-order valence-electron chi connectivity index (χ4n) is 7.11. The summed E-state index contributed by atoms with van der Waals surface area (Å²) in [6, 6.07) is 65.3. The van der Waals surface area contributed by atoms with Gasteiger partial charge in [0.15, 0.2) is 17.5 Å². The lowest BCUT2D eigenvalue weighted by Crippen LogP contribution is -2.00. The monoisotopic (exact) mass is 677 g/mol.